The Kier molecular flexibility index (Phi) is 57.2. The molecule has 704 valence electrons. The van der Waals surface area contributed by atoms with Crippen LogP contribution in [-0.4, -0.2) is 151 Å². The number of pyridine rings is 3. The van der Waals surface area contributed by atoms with Crippen LogP contribution in [0.4, 0.5) is 0 Å². The number of nitrogens with two attached hydrogens (primary N) is 1. The number of carboxylic acid groups (broad SMARTS) is 1. The Labute approximate surface area is 846 Å². The minimum absolute atomic E-state index is 0. The van der Waals surface area contributed by atoms with Gasteiger partial charge >= 0.3 is 62.9 Å². The summed E-state index contributed by atoms with van der Waals surface area (Å²) in [5.41, 5.74) is 14.0. The van der Waals surface area contributed by atoms with Crippen molar-refractivity contribution in [1.29, 1.82) is 0 Å². The third-order valence-corrected chi connectivity index (χ3v) is 20.8. The van der Waals surface area contributed by atoms with E-state index in [4.69, 9.17) is 139 Å². The molecule has 5 aromatic heterocycles. The normalized spacial score (nSPS) is 11.9. The summed E-state index contributed by atoms with van der Waals surface area (Å²) in [5, 5.41) is 23.0. The summed E-state index contributed by atoms with van der Waals surface area (Å²) >= 11 is 52.7. The first-order chi connectivity index (χ1) is 62.6. The summed E-state index contributed by atoms with van der Waals surface area (Å²) in [7, 11) is 4.81. The van der Waals surface area contributed by atoms with Crippen LogP contribution in [0.3, 0.4) is 0 Å². The van der Waals surface area contributed by atoms with Crippen molar-refractivity contribution in [2.75, 3.05) is 33.0 Å². The Morgan fingerprint density at radius 3 is 1.20 bits per heavy atom. The molecule has 1 atom stereocenters. The average molecular weight is 2090 g/mol. The number of esters is 5. The van der Waals surface area contributed by atoms with Crippen LogP contribution < -0.4 is 24.6 Å². The Morgan fingerprint density at radius 2 is 0.865 bits per heavy atom. The first kappa shape index (κ1) is 118. The van der Waals surface area contributed by atoms with E-state index in [1.54, 1.807) is 186 Å². The van der Waals surface area contributed by atoms with Crippen LogP contribution in [0.15, 0.2) is 231 Å². The molecule has 1 unspecified atom stereocenters. The van der Waals surface area contributed by atoms with Crippen LogP contribution >= 0.6 is 149 Å². The number of thiocarbonyl (C=S) groups is 1. The predicted octanol–water partition coefficient (Wildman–Crippen LogP) is 19.1. The van der Waals surface area contributed by atoms with E-state index >= 15 is 0 Å². The molecule has 5 N–H and O–H groups in total. The summed E-state index contributed by atoms with van der Waals surface area (Å²) in [4.78, 5) is 125. The predicted molar refractivity (Wildman–Crippen MR) is 521 cm³/mol. The second-order valence-corrected chi connectivity index (χ2v) is 36.2. The molecule has 13 rings (SSSR count). The molecule has 0 bridgehead atoms. The molecule has 0 radical (unpaired) electrons. The fraction of sp³-hybridized carbons (Fsp3) is 0.250. The number of aromatic carboxylic acids is 1. The van der Waals surface area contributed by atoms with Crippen LogP contribution in [0.25, 0.3) is 21.1 Å². The molecule has 26 nitrogen and oxygen atoms in total. The quantitative estimate of drug-likeness (QED) is 0.00483. The number of thiazole rings is 2. The molecule has 2 fully saturated rings. The van der Waals surface area contributed by atoms with Crippen LogP contribution in [0, 0.1) is 0 Å². The standard InChI is InChI=1S/C18H15ClN2O2S.C16H11ClN2O2S.C14H13ClO5.C12H12Cl2O3.C12H13ClO3.C8H6Cl2O.C6H6N2S.C4H8O.C2H6.Cl2O2S.Li.H2O/c1-2-23-18(22)16-15(11-12-3-5-14(19)6-4-12)21-17(24-16)13-7-9-20-10-8-13;17-12-3-1-10(2-4-12)9-13-14(16(20)21)22-15(19-13)11-5-7-18-8-6-11;1-14(2)19-12(17)11(13(18)20-14)10(16)7-8-3-5-9(15)6-4-8;1-2-17-12(16)11(14)10(15)7-8-3-5-9(13)6-4-8;1-2-16-12(15)8-11(14)7-9-3-5-10(13)6-4-9;9-7-3-1-6(2-4-7)5-8(10)11;7-6(9)5-1-3-8-4-2-5;1-2-4-5-3-1;1-2;1-5(2,3)4;;/h3-10H,2,11H2,1H3;1-8H,9H2,(H,20,21);3-6,16H,7H2,1-2H3;3-6,11H,2,7H2,1H3;3-6H,2,7-8H2,1H3;1-4H,5H2;1-4H,(H2,7,9);1-4H2;1-2H3;;;1H2/q;;;;;;;;;;+1;/p-1/i;;;;;;;;1D;;;. The number of aliphatic hydroxyl groups is 1. The van der Waals surface area contributed by atoms with Gasteiger partial charge in [-0.25, -0.2) is 33.9 Å². The van der Waals surface area contributed by atoms with Gasteiger partial charge in [-0.1, -0.05) is 168 Å². The Bertz CT molecular complexity index is 5620. The first-order valence-corrected chi connectivity index (χ1v) is 47.4. The number of carbonyl (C=O) groups excluding carboxylic acids is 8. The largest absolute Gasteiger partial charge is 1.00 e. The van der Waals surface area contributed by atoms with Gasteiger partial charge in [-0.3, -0.25) is 34.1 Å². The second-order valence-electron chi connectivity index (χ2n) is 26.7. The van der Waals surface area contributed by atoms with Gasteiger partial charge in [-0.15, -0.1) is 34.3 Å². The van der Waals surface area contributed by atoms with E-state index in [0.29, 0.717) is 94.9 Å². The number of alkyl halides is 1. The van der Waals surface area contributed by atoms with E-state index in [0.717, 1.165) is 62.7 Å². The van der Waals surface area contributed by atoms with Gasteiger partial charge in [-0.2, -0.15) is 8.42 Å². The maximum absolute atomic E-state index is 12.3. The van der Waals surface area contributed by atoms with E-state index in [1.807, 2.05) is 60.7 Å². The Hall–Kier alpha value is -9.34. The zero-order valence-electron chi connectivity index (χ0n) is 73.5. The van der Waals surface area contributed by atoms with Crippen LogP contribution in [-0.2, 0) is 109 Å². The molecule has 133 heavy (non-hydrogen) atoms. The number of nitrogens with zero attached hydrogens (tertiary/aromatic N) is 5. The van der Waals surface area contributed by atoms with Crippen LogP contribution in [0.2, 0.25) is 30.1 Å². The van der Waals surface area contributed by atoms with Crippen molar-refractivity contribution in [3.63, 3.8) is 0 Å². The third-order valence-electron chi connectivity index (χ3n) is 16.2. The van der Waals surface area contributed by atoms with Gasteiger partial charge in [0, 0.05) is 172 Å². The maximum Gasteiger partial charge on any atom is 1.00 e. The van der Waals surface area contributed by atoms with Crippen molar-refractivity contribution < 1.29 is 116 Å². The molecule has 2 aliphatic heterocycles. The molecule has 0 saturated carbocycles. The van der Waals surface area contributed by atoms with Crippen LogP contribution in [0.5, 0.6) is 0 Å². The number of cyclic esters (lactones) is 2. The number of rotatable bonds is 24. The summed E-state index contributed by atoms with van der Waals surface area (Å²) in [5.74, 6) is -6.49. The Morgan fingerprint density at radius 1 is 0.534 bits per heavy atom. The van der Waals surface area contributed by atoms with Gasteiger partial charge in [0.1, 0.15) is 42.7 Å². The first-order valence-electron chi connectivity index (χ1n) is 39.8. The number of aromatic nitrogens is 5. The smallest absolute Gasteiger partial charge is 0.870 e. The fourth-order valence-corrected chi connectivity index (χ4v) is 13.5. The van der Waals surface area contributed by atoms with E-state index in [2.05, 4.69) is 55.8 Å². The number of carbonyl (C=O) groups is 9. The summed E-state index contributed by atoms with van der Waals surface area (Å²) in [6.07, 6.45) is 14.0. The molecule has 0 spiro atoms. The molecule has 7 heterocycles. The minimum Gasteiger partial charge on any atom is -0.870 e. The number of ketones is 2. The molecule has 2 aliphatic rings. The van der Waals surface area contributed by atoms with Crippen molar-refractivity contribution in [3.05, 3.63) is 321 Å². The number of Topliss-reactive ketones (excluding diaryl/α,β-unsaturated/α-hetero) is 2. The molecular formula is C92H91Cl10LiN6O20S4. The number of hydrogen-bond donors (Lipinski definition) is 3. The SMILES string of the molecule is C1CCOC1.CC1(C)OC(=O)C(=C(O)Cc2ccc(Cl)cc2)C(=O)O1.CCOC(=O)C(Cl)C(=O)Cc1ccc(Cl)cc1.CCOC(=O)CC(=O)Cc1ccc(Cl)cc1.CCOC(=O)c1sc(-c2ccncc2)nc1Cc1ccc(Cl)cc1.NC(=S)c1ccncc1.O=C(Cl)Cc1ccc(Cl)cc1.O=C(O)c1sc(-c2ccncc2)nc1Cc1ccc(Cl)cc1.O=S(=O)(Cl)Cl.[2H]CC.[Li+].[OH-]. The van der Waals surface area contributed by atoms with Gasteiger partial charge in [0.2, 0.25) is 5.24 Å². The molecular weight excluding hydrogens is 2000 g/mol. The monoisotopic (exact) mass is 2090 g/mol. The van der Waals surface area contributed by atoms with E-state index in [1.165, 1.54) is 49.4 Å². The molecule has 11 aromatic rings. The number of carboxylic acids is 1. The van der Waals surface area contributed by atoms with Crippen LogP contribution in [0.1, 0.15) is 139 Å². The zero-order chi connectivity index (χ0) is 97.9. The maximum atomic E-state index is 12.3. The number of hydrogen-bond acceptors (Lipinski definition) is 27. The van der Waals surface area contributed by atoms with Gasteiger partial charge < -0.3 is 49.8 Å². The average Bonchev–Trinajstić information content (AvgIpc) is 1.32. The summed E-state index contributed by atoms with van der Waals surface area (Å²) < 4.78 is 53.8. The number of halogens is 10. The third kappa shape index (κ3) is 49.1. The summed E-state index contributed by atoms with van der Waals surface area (Å²) in [6, 6.07) is 53.2. The second kappa shape index (κ2) is 64.6. The molecule has 0 amide bonds. The number of allylic oxidation sites excluding steroid dienone is 1. The molecule has 6 aromatic carbocycles. The molecule has 2 saturated heterocycles. The van der Waals surface area contributed by atoms with Crippen molar-refractivity contribution in [2.24, 2.45) is 5.73 Å². The number of aliphatic hydroxyl groups excluding tert-OH is 1. The summed E-state index contributed by atoms with van der Waals surface area (Å²) in [6.45, 7) is 13.2. The number of benzene rings is 6. The van der Waals surface area contributed by atoms with Crippen molar-refractivity contribution >= 4 is 215 Å². The molecule has 0 aliphatic carbocycles. The van der Waals surface area contributed by atoms with Gasteiger partial charge in [0.05, 0.1) is 31.2 Å². The van der Waals surface area contributed by atoms with E-state index in [-0.39, 0.29) is 90.7 Å². The van der Waals surface area contributed by atoms with Gasteiger partial charge in [0.25, 0.3) is 5.79 Å². The van der Waals surface area contributed by atoms with Crippen molar-refractivity contribution in [3.8, 4) is 21.1 Å². The van der Waals surface area contributed by atoms with Crippen molar-refractivity contribution in [2.45, 2.75) is 117 Å². The fourth-order valence-electron chi connectivity index (χ4n) is 10.4. The minimum atomic E-state index is -3.72. The van der Waals surface area contributed by atoms with Crippen molar-refractivity contribution in [1.82, 2.24) is 24.9 Å². The van der Waals surface area contributed by atoms with Gasteiger partial charge in [0.15, 0.2) is 16.7 Å². The topological polar surface area (TPSA) is 404 Å². The van der Waals surface area contributed by atoms with Gasteiger partial charge in [-0.05, 0) is 188 Å². The zero-order valence-corrected chi connectivity index (χ0v) is 83.3. The molecule has 41 heteroatoms. The van der Waals surface area contributed by atoms with E-state index < -0.39 is 60.6 Å². The van der Waals surface area contributed by atoms with E-state index in [9.17, 15) is 53.4 Å². The Balaban J connectivity index is 0.000000523. The number of ether oxygens (including phenoxy) is 6.